The molecule has 0 bridgehead atoms. The zero-order valence-electron chi connectivity index (χ0n) is 7.70. The number of rotatable bonds is 5. The number of halogens is 1. The van der Waals surface area contributed by atoms with Gasteiger partial charge in [0.25, 0.3) is 0 Å². The van der Waals surface area contributed by atoms with Crippen LogP contribution in [0, 0.1) is 5.82 Å². The molecule has 0 fully saturated rings. The van der Waals surface area contributed by atoms with Crippen molar-refractivity contribution in [1.29, 1.82) is 0 Å². The summed E-state index contributed by atoms with van der Waals surface area (Å²) < 4.78 is 18.3. The fourth-order valence-electron chi connectivity index (χ4n) is 1.01. The van der Waals surface area contributed by atoms with Crippen LogP contribution in [0.25, 0.3) is 0 Å². The highest BCUT2D eigenvalue weighted by molar-refractivity contribution is 5.74. The maximum Gasteiger partial charge on any atom is 0.150 e. The van der Waals surface area contributed by atoms with Crippen LogP contribution in [0.15, 0.2) is 30.9 Å². The summed E-state index contributed by atoms with van der Waals surface area (Å²) in [6, 6.07) is 4.30. The van der Waals surface area contributed by atoms with Gasteiger partial charge in [-0.15, -0.1) is 6.58 Å². The van der Waals surface area contributed by atoms with E-state index in [0.717, 1.165) is 0 Å². The number of hydrogen-bond acceptors (Lipinski definition) is 2. The first-order chi connectivity index (χ1) is 6.77. The fourth-order valence-corrected chi connectivity index (χ4v) is 1.01. The highest BCUT2D eigenvalue weighted by Gasteiger charge is 2.02. The van der Waals surface area contributed by atoms with Crippen LogP contribution in [0.5, 0.6) is 0 Å². The first kappa shape index (κ1) is 10.6. The lowest BCUT2D eigenvalue weighted by atomic mass is 10.1. The molecular formula is C11H11FO2. The minimum absolute atomic E-state index is 0.191. The molecule has 1 rings (SSSR count). The number of ether oxygens (including phenoxy) is 1. The standard InChI is InChI=1S/C11H11FO2/c1-2-5-14-8-10-4-3-9(7-13)6-11(10)12/h2-4,6-7H,1,5,8H2. The molecule has 1 aromatic carbocycles. The second-order valence-electron chi connectivity index (χ2n) is 2.77. The van der Waals surface area contributed by atoms with Crippen molar-refractivity contribution < 1.29 is 13.9 Å². The molecule has 0 aliphatic heterocycles. The van der Waals surface area contributed by atoms with Gasteiger partial charge in [0.1, 0.15) is 12.1 Å². The second-order valence-corrected chi connectivity index (χ2v) is 2.77. The van der Waals surface area contributed by atoms with Crippen molar-refractivity contribution in [1.82, 2.24) is 0 Å². The van der Waals surface area contributed by atoms with Crippen LogP contribution in [0.3, 0.4) is 0 Å². The molecule has 0 aliphatic carbocycles. The molecule has 2 nitrogen and oxygen atoms in total. The molecule has 0 aliphatic rings. The van der Waals surface area contributed by atoms with E-state index in [0.29, 0.717) is 24.0 Å². The minimum atomic E-state index is -0.418. The number of hydrogen-bond donors (Lipinski definition) is 0. The van der Waals surface area contributed by atoms with Crippen LogP contribution < -0.4 is 0 Å². The van der Waals surface area contributed by atoms with E-state index >= 15 is 0 Å². The Morgan fingerprint density at radius 1 is 1.50 bits per heavy atom. The maximum atomic E-state index is 13.2. The van der Waals surface area contributed by atoms with Crippen LogP contribution in [-0.2, 0) is 11.3 Å². The summed E-state index contributed by atoms with van der Waals surface area (Å²) in [5, 5.41) is 0. The Balaban J connectivity index is 2.68. The largest absolute Gasteiger partial charge is 0.373 e. The lowest BCUT2D eigenvalue weighted by Crippen LogP contribution is -1.97. The number of benzene rings is 1. The molecular weight excluding hydrogens is 183 g/mol. The van der Waals surface area contributed by atoms with Gasteiger partial charge in [0.15, 0.2) is 0 Å². The van der Waals surface area contributed by atoms with Crippen LogP contribution in [0.2, 0.25) is 0 Å². The highest BCUT2D eigenvalue weighted by atomic mass is 19.1. The van der Waals surface area contributed by atoms with Gasteiger partial charge in [0.2, 0.25) is 0 Å². The Morgan fingerprint density at radius 2 is 2.29 bits per heavy atom. The van der Waals surface area contributed by atoms with Crippen molar-refractivity contribution in [2.45, 2.75) is 6.61 Å². The van der Waals surface area contributed by atoms with Crippen molar-refractivity contribution in [2.24, 2.45) is 0 Å². The molecule has 1 aromatic rings. The van der Waals surface area contributed by atoms with Crippen LogP contribution >= 0.6 is 0 Å². The summed E-state index contributed by atoms with van der Waals surface area (Å²) in [4.78, 5) is 10.3. The monoisotopic (exact) mass is 194 g/mol. The molecule has 0 amide bonds. The van der Waals surface area contributed by atoms with E-state index in [1.807, 2.05) is 0 Å². The van der Waals surface area contributed by atoms with Gasteiger partial charge in [0.05, 0.1) is 13.2 Å². The molecule has 0 atom stereocenters. The third-order valence-electron chi connectivity index (χ3n) is 1.71. The predicted molar refractivity (Wildman–Crippen MR) is 51.6 cm³/mol. The normalized spacial score (nSPS) is 9.79. The quantitative estimate of drug-likeness (QED) is 0.408. The molecule has 14 heavy (non-hydrogen) atoms. The summed E-state index contributed by atoms with van der Waals surface area (Å²) in [6.45, 7) is 4.05. The van der Waals surface area contributed by atoms with E-state index in [1.165, 1.54) is 6.07 Å². The summed E-state index contributed by atoms with van der Waals surface area (Å²) in [5.41, 5.74) is 0.771. The minimum Gasteiger partial charge on any atom is -0.373 e. The van der Waals surface area contributed by atoms with Crippen LogP contribution in [-0.4, -0.2) is 12.9 Å². The Kier molecular flexibility index (Phi) is 4.01. The van der Waals surface area contributed by atoms with Gasteiger partial charge in [-0.3, -0.25) is 4.79 Å². The zero-order chi connectivity index (χ0) is 10.4. The van der Waals surface area contributed by atoms with E-state index in [9.17, 15) is 9.18 Å². The first-order valence-electron chi connectivity index (χ1n) is 4.20. The lowest BCUT2D eigenvalue weighted by Gasteiger charge is -2.03. The van der Waals surface area contributed by atoms with E-state index in [4.69, 9.17) is 4.74 Å². The molecule has 0 saturated heterocycles. The highest BCUT2D eigenvalue weighted by Crippen LogP contribution is 2.10. The van der Waals surface area contributed by atoms with Gasteiger partial charge in [-0.25, -0.2) is 4.39 Å². The summed E-state index contributed by atoms with van der Waals surface area (Å²) in [6.07, 6.45) is 2.20. The number of carbonyl (C=O) groups is 1. The molecule has 0 spiro atoms. The molecule has 3 heteroatoms. The van der Waals surface area contributed by atoms with Gasteiger partial charge >= 0.3 is 0 Å². The van der Waals surface area contributed by atoms with Crippen LogP contribution in [0.1, 0.15) is 15.9 Å². The zero-order valence-corrected chi connectivity index (χ0v) is 7.70. The predicted octanol–water partition coefficient (Wildman–Crippen LogP) is 2.34. The first-order valence-corrected chi connectivity index (χ1v) is 4.20. The Bertz CT molecular complexity index is 334. The molecule has 0 heterocycles. The van der Waals surface area contributed by atoms with Crippen LogP contribution in [0.4, 0.5) is 4.39 Å². The van der Waals surface area contributed by atoms with E-state index in [1.54, 1.807) is 18.2 Å². The van der Waals surface area contributed by atoms with Gasteiger partial charge in [-0.2, -0.15) is 0 Å². The smallest absolute Gasteiger partial charge is 0.150 e. The average molecular weight is 194 g/mol. The van der Waals surface area contributed by atoms with Crippen molar-refractivity contribution >= 4 is 6.29 Å². The topological polar surface area (TPSA) is 26.3 Å². The van der Waals surface area contributed by atoms with Crippen molar-refractivity contribution in [3.05, 3.63) is 47.8 Å². The Hall–Kier alpha value is -1.48. The molecule has 74 valence electrons. The van der Waals surface area contributed by atoms with Gasteiger partial charge in [-0.05, 0) is 6.07 Å². The molecule has 0 saturated carbocycles. The SMILES string of the molecule is C=CCOCc1ccc(C=O)cc1F. The average Bonchev–Trinajstić information content (AvgIpc) is 2.20. The van der Waals surface area contributed by atoms with E-state index in [2.05, 4.69) is 6.58 Å². The molecule has 0 radical (unpaired) electrons. The maximum absolute atomic E-state index is 13.2. The third kappa shape index (κ3) is 2.78. The summed E-state index contributed by atoms with van der Waals surface area (Å²) in [7, 11) is 0. The molecule has 0 N–H and O–H groups in total. The summed E-state index contributed by atoms with van der Waals surface area (Å²) in [5.74, 6) is -0.418. The third-order valence-corrected chi connectivity index (χ3v) is 1.71. The van der Waals surface area contributed by atoms with Gasteiger partial charge in [0, 0.05) is 11.1 Å². The van der Waals surface area contributed by atoms with Gasteiger partial charge in [-0.1, -0.05) is 18.2 Å². The van der Waals surface area contributed by atoms with Crippen molar-refractivity contribution in [3.8, 4) is 0 Å². The number of aldehydes is 1. The second kappa shape index (κ2) is 5.29. The van der Waals surface area contributed by atoms with E-state index in [-0.39, 0.29) is 6.61 Å². The molecule has 0 aromatic heterocycles. The van der Waals surface area contributed by atoms with Crippen molar-refractivity contribution in [2.75, 3.05) is 6.61 Å². The Labute approximate surface area is 82.0 Å². The lowest BCUT2D eigenvalue weighted by molar-refractivity contribution is 0.112. The fraction of sp³-hybridized carbons (Fsp3) is 0.182. The van der Waals surface area contributed by atoms with E-state index < -0.39 is 5.82 Å². The molecule has 0 unspecified atom stereocenters. The van der Waals surface area contributed by atoms with Gasteiger partial charge < -0.3 is 4.74 Å². The van der Waals surface area contributed by atoms with Crippen molar-refractivity contribution in [3.63, 3.8) is 0 Å². The number of carbonyl (C=O) groups excluding carboxylic acids is 1. The summed E-state index contributed by atoms with van der Waals surface area (Å²) >= 11 is 0. The Morgan fingerprint density at radius 3 is 2.86 bits per heavy atom.